The lowest BCUT2D eigenvalue weighted by Gasteiger charge is -2.16. The number of benzene rings is 1. The van der Waals surface area contributed by atoms with Crippen LogP contribution in [-0.4, -0.2) is 12.6 Å². The highest BCUT2D eigenvalue weighted by molar-refractivity contribution is 5.16. The van der Waals surface area contributed by atoms with E-state index in [1.54, 1.807) is 12.1 Å². The summed E-state index contributed by atoms with van der Waals surface area (Å²) in [6, 6.07) is 7.66. The molecule has 0 bridgehead atoms. The number of nitrogens with one attached hydrogen (secondary N) is 1. The minimum absolute atomic E-state index is 0.118. The van der Waals surface area contributed by atoms with Gasteiger partial charge in [-0.1, -0.05) is 19.1 Å². The van der Waals surface area contributed by atoms with Crippen LogP contribution in [0.1, 0.15) is 38.2 Å². The summed E-state index contributed by atoms with van der Waals surface area (Å²) in [6.07, 6.45) is 6.13. The molecule has 0 saturated heterocycles. The fraction of sp³-hybridized carbons (Fsp3) is 0.600. The summed E-state index contributed by atoms with van der Waals surface area (Å²) >= 11 is 0. The van der Waals surface area contributed by atoms with E-state index in [0.717, 1.165) is 30.9 Å². The molecule has 1 aliphatic rings. The zero-order valence-corrected chi connectivity index (χ0v) is 10.6. The van der Waals surface area contributed by atoms with Gasteiger partial charge in [0, 0.05) is 6.04 Å². The van der Waals surface area contributed by atoms with Crippen LogP contribution in [0.25, 0.3) is 0 Å². The van der Waals surface area contributed by atoms with Gasteiger partial charge in [0.15, 0.2) is 0 Å². The van der Waals surface area contributed by atoms with Crippen LogP contribution in [0.4, 0.5) is 4.39 Å². The zero-order valence-electron chi connectivity index (χ0n) is 10.6. The third-order valence-corrected chi connectivity index (χ3v) is 3.53. The van der Waals surface area contributed by atoms with E-state index in [-0.39, 0.29) is 5.82 Å². The first-order valence-electron chi connectivity index (χ1n) is 6.77. The largest absolute Gasteiger partial charge is 0.314 e. The third kappa shape index (κ3) is 4.12. The number of hydrogen-bond donors (Lipinski definition) is 1. The number of rotatable bonds is 7. The van der Waals surface area contributed by atoms with Gasteiger partial charge in [-0.05, 0) is 62.3 Å². The lowest BCUT2D eigenvalue weighted by atomic mass is 10.0. The second-order valence-electron chi connectivity index (χ2n) is 5.02. The van der Waals surface area contributed by atoms with Gasteiger partial charge in [-0.15, -0.1) is 0 Å². The summed E-state index contributed by atoms with van der Waals surface area (Å²) in [5, 5.41) is 3.57. The first-order valence-corrected chi connectivity index (χ1v) is 6.77. The van der Waals surface area contributed by atoms with Gasteiger partial charge in [-0.25, -0.2) is 4.39 Å². The molecule has 0 spiro atoms. The first-order chi connectivity index (χ1) is 8.29. The number of aryl methyl sites for hydroxylation is 1. The van der Waals surface area contributed by atoms with Crippen LogP contribution in [-0.2, 0) is 6.42 Å². The molecule has 1 aromatic carbocycles. The Kier molecular flexibility index (Phi) is 4.55. The van der Waals surface area contributed by atoms with Crippen LogP contribution in [0.15, 0.2) is 24.3 Å². The standard InChI is InChI=1S/C15H22FN/c1-2-17-15(13-9-10-13)8-4-6-12-5-3-7-14(16)11-12/h3,5,7,11,13,15,17H,2,4,6,8-10H2,1H3. The second kappa shape index (κ2) is 6.15. The molecule has 94 valence electrons. The van der Waals surface area contributed by atoms with Gasteiger partial charge < -0.3 is 5.32 Å². The highest BCUT2D eigenvalue weighted by Gasteiger charge is 2.29. The van der Waals surface area contributed by atoms with Gasteiger partial charge in [-0.3, -0.25) is 0 Å². The number of halogens is 1. The lowest BCUT2D eigenvalue weighted by Crippen LogP contribution is -2.30. The van der Waals surface area contributed by atoms with Crippen molar-refractivity contribution in [3.8, 4) is 0 Å². The maximum Gasteiger partial charge on any atom is 0.123 e. The fourth-order valence-corrected chi connectivity index (χ4v) is 2.48. The average Bonchev–Trinajstić information content (AvgIpc) is 3.12. The van der Waals surface area contributed by atoms with E-state index in [4.69, 9.17) is 0 Å². The summed E-state index contributed by atoms with van der Waals surface area (Å²) < 4.78 is 13.0. The van der Waals surface area contributed by atoms with Crippen LogP contribution >= 0.6 is 0 Å². The van der Waals surface area contributed by atoms with Gasteiger partial charge >= 0.3 is 0 Å². The van der Waals surface area contributed by atoms with Crippen LogP contribution in [0.2, 0.25) is 0 Å². The molecular formula is C15H22FN. The maximum atomic E-state index is 13.0. The Morgan fingerprint density at radius 1 is 1.41 bits per heavy atom. The molecule has 0 aromatic heterocycles. The van der Waals surface area contributed by atoms with Crippen molar-refractivity contribution in [1.82, 2.24) is 5.32 Å². The quantitative estimate of drug-likeness (QED) is 0.762. The lowest BCUT2D eigenvalue weighted by molar-refractivity contribution is 0.434. The van der Waals surface area contributed by atoms with E-state index in [0.29, 0.717) is 6.04 Å². The predicted molar refractivity (Wildman–Crippen MR) is 69.5 cm³/mol. The molecule has 1 atom stereocenters. The normalized spacial score (nSPS) is 17.1. The monoisotopic (exact) mass is 235 g/mol. The van der Waals surface area contributed by atoms with E-state index >= 15 is 0 Å². The number of hydrogen-bond acceptors (Lipinski definition) is 1. The van der Waals surface area contributed by atoms with Gasteiger partial charge in [0.2, 0.25) is 0 Å². The molecular weight excluding hydrogens is 213 g/mol. The Balaban J connectivity index is 1.74. The van der Waals surface area contributed by atoms with Crippen molar-refractivity contribution >= 4 is 0 Å². The molecule has 1 fully saturated rings. The average molecular weight is 235 g/mol. The van der Waals surface area contributed by atoms with Crippen molar-refractivity contribution in [3.05, 3.63) is 35.6 Å². The van der Waals surface area contributed by atoms with Crippen molar-refractivity contribution in [1.29, 1.82) is 0 Å². The smallest absolute Gasteiger partial charge is 0.123 e. The van der Waals surface area contributed by atoms with E-state index in [1.165, 1.54) is 25.3 Å². The molecule has 1 aromatic rings. The van der Waals surface area contributed by atoms with E-state index in [1.807, 2.05) is 6.07 Å². The Bertz CT molecular complexity index is 347. The van der Waals surface area contributed by atoms with Crippen LogP contribution in [0.5, 0.6) is 0 Å². The third-order valence-electron chi connectivity index (χ3n) is 3.53. The van der Waals surface area contributed by atoms with Crippen molar-refractivity contribution in [3.63, 3.8) is 0 Å². The molecule has 1 N–H and O–H groups in total. The summed E-state index contributed by atoms with van der Waals surface area (Å²) in [5.41, 5.74) is 1.12. The minimum atomic E-state index is -0.118. The molecule has 0 amide bonds. The topological polar surface area (TPSA) is 12.0 Å². The molecule has 2 heteroatoms. The molecule has 2 rings (SSSR count). The molecule has 0 aliphatic heterocycles. The summed E-state index contributed by atoms with van der Waals surface area (Å²) in [5.74, 6) is 0.787. The predicted octanol–water partition coefficient (Wildman–Crippen LogP) is 3.54. The van der Waals surface area contributed by atoms with Crippen LogP contribution in [0, 0.1) is 11.7 Å². The summed E-state index contributed by atoms with van der Waals surface area (Å²) in [6.45, 7) is 3.23. The van der Waals surface area contributed by atoms with Gasteiger partial charge in [-0.2, -0.15) is 0 Å². The molecule has 1 nitrogen and oxygen atoms in total. The minimum Gasteiger partial charge on any atom is -0.314 e. The molecule has 0 heterocycles. The zero-order chi connectivity index (χ0) is 12.1. The second-order valence-corrected chi connectivity index (χ2v) is 5.02. The Morgan fingerprint density at radius 3 is 2.88 bits per heavy atom. The van der Waals surface area contributed by atoms with Gasteiger partial charge in [0.25, 0.3) is 0 Å². The van der Waals surface area contributed by atoms with Crippen LogP contribution in [0.3, 0.4) is 0 Å². The maximum absolute atomic E-state index is 13.0. The summed E-state index contributed by atoms with van der Waals surface area (Å²) in [7, 11) is 0. The Morgan fingerprint density at radius 2 is 2.24 bits per heavy atom. The first kappa shape index (κ1) is 12.6. The highest BCUT2D eigenvalue weighted by atomic mass is 19.1. The molecule has 17 heavy (non-hydrogen) atoms. The fourth-order valence-electron chi connectivity index (χ4n) is 2.48. The van der Waals surface area contributed by atoms with Gasteiger partial charge in [0.1, 0.15) is 5.82 Å². The highest BCUT2D eigenvalue weighted by Crippen LogP contribution is 2.34. The SMILES string of the molecule is CCNC(CCCc1cccc(F)c1)C1CC1. The van der Waals surface area contributed by atoms with Crippen LogP contribution < -0.4 is 5.32 Å². The van der Waals surface area contributed by atoms with Crippen molar-refractivity contribution in [2.24, 2.45) is 5.92 Å². The summed E-state index contributed by atoms with van der Waals surface area (Å²) in [4.78, 5) is 0. The van der Waals surface area contributed by atoms with E-state index in [9.17, 15) is 4.39 Å². The van der Waals surface area contributed by atoms with Crippen molar-refractivity contribution in [2.45, 2.75) is 45.1 Å². The molecule has 1 aliphatic carbocycles. The molecule has 0 radical (unpaired) electrons. The van der Waals surface area contributed by atoms with E-state index in [2.05, 4.69) is 12.2 Å². The van der Waals surface area contributed by atoms with Gasteiger partial charge in [0.05, 0.1) is 0 Å². The molecule has 1 unspecified atom stereocenters. The Hall–Kier alpha value is -0.890. The van der Waals surface area contributed by atoms with Crippen molar-refractivity contribution < 1.29 is 4.39 Å². The van der Waals surface area contributed by atoms with Crippen molar-refractivity contribution in [2.75, 3.05) is 6.54 Å². The van der Waals surface area contributed by atoms with E-state index < -0.39 is 0 Å². The molecule has 1 saturated carbocycles. The Labute approximate surface area is 103 Å².